The van der Waals surface area contributed by atoms with Crippen molar-refractivity contribution in [3.63, 3.8) is 0 Å². The molecule has 0 saturated carbocycles. The summed E-state index contributed by atoms with van der Waals surface area (Å²) in [6.45, 7) is 2.35. The Balaban J connectivity index is 1.61. The van der Waals surface area contributed by atoms with Gasteiger partial charge in [-0.2, -0.15) is 5.10 Å². The summed E-state index contributed by atoms with van der Waals surface area (Å²) in [4.78, 5) is 16.6. The molecule has 0 bridgehead atoms. The van der Waals surface area contributed by atoms with Crippen molar-refractivity contribution in [3.05, 3.63) is 54.4 Å². The molecule has 0 aliphatic rings. The number of hydrazone groups is 1. The van der Waals surface area contributed by atoms with Gasteiger partial charge in [0, 0.05) is 6.54 Å². The third-order valence-corrected chi connectivity index (χ3v) is 4.04. The third-order valence-electron chi connectivity index (χ3n) is 4.04. The van der Waals surface area contributed by atoms with E-state index >= 15 is 0 Å². The lowest BCUT2D eigenvalue weighted by Gasteiger charge is -2.11. The topological polar surface area (TPSA) is 88.7 Å². The van der Waals surface area contributed by atoms with E-state index in [0.717, 1.165) is 11.0 Å². The first-order valence-corrected chi connectivity index (χ1v) is 8.18. The number of imidazole rings is 1. The molecule has 3 aromatic rings. The number of nitrogens with one attached hydrogen (secondary N) is 1. The number of methoxy groups -OCH3 is 1. The van der Waals surface area contributed by atoms with Gasteiger partial charge in [-0.05, 0) is 35.9 Å². The monoisotopic (exact) mass is 352 g/mol. The van der Waals surface area contributed by atoms with Crippen LogP contribution in [0.3, 0.4) is 0 Å². The van der Waals surface area contributed by atoms with E-state index in [-0.39, 0.29) is 17.6 Å². The first-order chi connectivity index (χ1) is 12.6. The third kappa shape index (κ3) is 3.83. The number of benzene rings is 2. The number of carbonyl (C=O) groups is 1. The number of para-hydroxylation sites is 2. The average molecular weight is 352 g/mol. The molecule has 1 atom stereocenters. The van der Waals surface area contributed by atoms with Crippen molar-refractivity contribution in [2.45, 2.75) is 13.5 Å². The van der Waals surface area contributed by atoms with Crippen LogP contribution >= 0.6 is 0 Å². The van der Waals surface area contributed by atoms with Crippen LogP contribution in [0.25, 0.3) is 11.0 Å². The molecular weight excluding hydrogens is 332 g/mol. The zero-order valence-electron chi connectivity index (χ0n) is 14.6. The number of amides is 1. The molecule has 0 spiro atoms. The zero-order valence-corrected chi connectivity index (χ0v) is 14.6. The van der Waals surface area contributed by atoms with E-state index in [1.54, 1.807) is 18.5 Å². The summed E-state index contributed by atoms with van der Waals surface area (Å²) in [5, 5.41) is 13.5. The molecule has 7 heteroatoms. The van der Waals surface area contributed by atoms with E-state index < -0.39 is 0 Å². The molecule has 0 aliphatic carbocycles. The lowest BCUT2D eigenvalue weighted by atomic mass is 10.1. The summed E-state index contributed by atoms with van der Waals surface area (Å²) in [5.74, 6) is -0.0700. The summed E-state index contributed by atoms with van der Waals surface area (Å²) in [7, 11) is 1.47. The number of carbonyl (C=O) groups excluding carboxylic acids is 1. The number of nitrogens with zero attached hydrogens (tertiary/aromatic N) is 3. The van der Waals surface area contributed by atoms with Crippen LogP contribution < -0.4 is 10.2 Å². The number of aromatic nitrogens is 2. The van der Waals surface area contributed by atoms with E-state index in [0.29, 0.717) is 17.9 Å². The van der Waals surface area contributed by atoms with E-state index in [9.17, 15) is 9.90 Å². The fourth-order valence-corrected chi connectivity index (χ4v) is 2.59. The Kier molecular flexibility index (Phi) is 5.17. The molecular formula is C19H20N4O3. The molecule has 0 fully saturated rings. The maximum absolute atomic E-state index is 12.2. The van der Waals surface area contributed by atoms with Crippen molar-refractivity contribution in [1.29, 1.82) is 0 Å². The molecule has 0 aliphatic heterocycles. The first-order valence-electron chi connectivity index (χ1n) is 8.18. The molecule has 7 nitrogen and oxygen atoms in total. The average Bonchev–Trinajstić information content (AvgIpc) is 3.06. The number of hydrogen-bond acceptors (Lipinski definition) is 5. The van der Waals surface area contributed by atoms with Gasteiger partial charge in [0.1, 0.15) is 0 Å². The highest BCUT2D eigenvalue weighted by Crippen LogP contribution is 2.25. The minimum Gasteiger partial charge on any atom is -0.504 e. The minimum absolute atomic E-state index is 0.0508. The van der Waals surface area contributed by atoms with E-state index in [2.05, 4.69) is 15.5 Å². The number of rotatable bonds is 6. The zero-order chi connectivity index (χ0) is 18.5. The van der Waals surface area contributed by atoms with Crippen molar-refractivity contribution in [3.8, 4) is 11.5 Å². The van der Waals surface area contributed by atoms with Crippen LogP contribution in [-0.4, -0.2) is 33.9 Å². The molecule has 0 radical (unpaired) electrons. The van der Waals surface area contributed by atoms with Gasteiger partial charge in [0.2, 0.25) is 5.91 Å². The van der Waals surface area contributed by atoms with Crippen LogP contribution in [0.1, 0.15) is 12.5 Å². The van der Waals surface area contributed by atoms with Crippen molar-refractivity contribution in [1.82, 2.24) is 15.0 Å². The molecule has 1 heterocycles. The van der Waals surface area contributed by atoms with Gasteiger partial charge in [-0.3, -0.25) is 4.79 Å². The Labute approximate surface area is 150 Å². The Morgan fingerprint density at radius 2 is 2.19 bits per heavy atom. The second-order valence-corrected chi connectivity index (χ2v) is 5.95. The fraction of sp³-hybridized carbons (Fsp3) is 0.211. The largest absolute Gasteiger partial charge is 0.504 e. The van der Waals surface area contributed by atoms with Gasteiger partial charge >= 0.3 is 0 Å². The minimum atomic E-state index is -0.279. The Hall–Kier alpha value is -3.35. The number of phenols is 1. The first kappa shape index (κ1) is 17.5. The van der Waals surface area contributed by atoms with Crippen LogP contribution in [-0.2, 0) is 11.3 Å². The van der Waals surface area contributed by atoms with Crippen molar-refractivity contribution in [2.24, 2.45) is 11.0 Å². The van der Waals surface area contributed by atoms with Crippen molar-refractivity contribution < 1.29 is 14.6 Å². The van der Waals surface area contributed by atoms with Gasteiger partial charge in [0.25, 0.3) is 0 Å². The Morgan fingerprint density at radius 1 is 1.38 bits per heavy atom. The van der Waals surface area contributed by atoms with Crippen LogP contribution in [0.4, 0.5) is 0 Å². The molecule has 2 N–H and O–H groups in total. The Morgan fingerprint density at radius 3 is 3.00 bits per heavy atom. The van der Waals surface area contributed by atoms with Gasteiger partial charge in [0.05, 0.1) is 36.6 Å². The number of ether oxygens (including phenoxy) is 1. The molecule has 1 unspecified atom stereocenters. The van der Waals surface area contributed by atoms with E-state index in [1.807, 2.05) is 35.8 Å². The normalized spacial score (nSPS) is 12.4. The number of fused-ring (bicyclic) bond motifs is 1. The molecule has 2 aromatic carbocycles. The fourth-order valence-electron chi connectivity index (χ4n) is 2.59. The highest BCUT2D eigenvalue weighted by Gasteiger charge is 2.14. The van der Waals surface area contributed by atoms with Crippen LogP contribution in [0, 0.1) is 5.92 Å². The molecule has 1 aromatic heterocycles. The Bertz CT molecular complexity index is 949. The van der Waals surface area contributed by atoms with Gasteiger partial charge in [0.15, 0.2) is 11.5 Å². The van der Waals surface area contributed by atoms with Gasteiger partial charge in [-0.1, -0.05) is 19.1 Å². The summed E-state index contributed by atoms with van der Waals surface area (Å²) in [6.07, 6.45) is 3.24. The molecule has 1 amide bonds. The second-order valence-electron chi connectivity index (χ2n) is 5.95. The molecule has 26 heavy (non-hydrogen) atoms. The van der Waals surface area contributed by atoms with E-state index in [4.69, 9.17) is 4.74 Å². The standard InChI is InChI=1S/C19H20N4O3/c1-13(11-23-12-20-15-5-3-4-6-16(15)23)19(25)22-21-10-14-7-8-17(24)18(9-14)26-2/h3-10,12-13,24H,11H2,1-2H3,(H,22,25). The lowest BCUT2D eigenvalue weighted by Crippen LogP contribution is -2.27. The highest BCUT2D eigenvalue weighted by atomic mass is 16.5. The summed E-state index contributed by atoms with van der Waals surface area (Å²) in [5.41, 5.74) is 5.13. The molecule has 3 rings (SSSR count). The van der Waals surface area contributed by atoms with Crippen molar-refractivity contribution in [2.75, 3.05) is 7.11 Å². The smallest absolute Gasteiger partial charge is 0.244 e. The van der Waals surface area contributed by atoms with Gasteiger partial charge < -0.3 is 14.4 Å². The predicted molar refractivity (Wildman–Crippen MR) is 99.3 cm³/mol. The van der Waals surface area contributed by atoms with Crippen LogP contribution in [0.15, 0.2) is 53.9 Å². The SMILES string of the molecule is COc1cc(C=NNC(=O)C(C)Cn2cnc3ccccc32)ccc1O. The van der Waals surface area contributed by atoms with E-state index in [1.165, 1.54) is 19.4 Å². The number of aromatic hydroxyl groups is 1. The molecule has 134 valence electrons. The van der Waals surface area contributed by atoms with Gasteiger partial charge in [-0.25, -0.2) is 10.4 Å². The summed E-state index contributed by atoms with van der Waals surface area (Å²) >= 11 is 0. The van der Waals surface area contributed by atoms with Gasteiger partial charge in [-0.15, -0.1) is 0 Å². The maximum atomic E-state index is 12.2. The van der Waals surface area contributed by atoms with Crippen LogP contribution in [0.5, 0.6) is 11.5 Å². The predicted octanol–water partition coefficient (Wildman–Crippen LogP) is 2.54. The maximum Gasteiger partial charge on any atom is 0.244 e. The van der Waals surface area contributed by atoms with Crippen LogP contribution in [0.2, 0.25) is 0 Å². The quantitative estimate of drug-likeness (QED) is 0.527. The lowest BCUT2D eigenvalue weighted by molar-refractivity contribution is -0.124. The number of phenolic OH excluding ortho intramolecular Hbond substituents is 1. The summed E-state index contributed by atoms with van der Waals surface area (Å²) in [6, 6.07) is 12.6. The molecule has 0 saturated heterocycles. The summed E-state index contributed by atoms with van der Waals surface area (Å²) < 4.78 is 6.99. The second kappa shape index (κ2) is 7.69. The van der Waals surface area contributed by atoms with Crippen molar-refractivity contribution >= 4 is 23.2 Å². The number of hydrogen-bond donors (Lipinski definition) is 2. The highest BCUT2D eigenvalue weighted by molar-refractivity contribution is 5.84.